The van der Waals surface area contributed by atoms with E-state index in [0.29, 0.717) is 38.9 Å². The molecule has 2 N–H and O–H groups in total. The van der Waals surface area contributed by atoms with E-state index in [-0.39, 0.29) is 5.91 Å². The molecule has 1 unspecified atom stereocenters. The fourth-order valence-electron chi connectivity index (χ4n) is 4.57. The van der Waals surface area contributed by atoms with Crippen LogP contribution >= 0.6 is 39.3 Å². The summed E-state index contributed by atoms with van der Waals surface area (Å²) in [5.74, 6) is 1.65. The molecule has 1 aromatic heterocycles. The van der Waals surface area contributed by atoms with Crippen LogP contribution in [0.2, 0.25) is 5.02 Å². The molecule has 2 heterocycles. The number of nitrogens with one attached hydrogen (secondary N) is 2. The van der Waals surface area contributed by atoms with Crippen LogP contribution in [0, 0.1) is 13.8 Å². The molecule has 3 aromatic carbocycles. The van der Waals surface area contributed by atoms with E-state index in [1.165, 1.54) is 11.8 Å². The second kappa shape index (κ2) is 11.5. The molecule has 7 nitrogen and oxygen atoms in total. The van der Waals surface area contributed by atoms with E-state index >= 15 is 0 Å². The smallest absolute Gasteiger partial charge is 0.255 e. The molecule has 1 aliphatic rings. The Kier molecular flexibility index (Phi) is 8.02. The maximum Gasteiger partial charge on any atom is 0.255 e. The van der Waals surface area contributed by atoms with Crippen molar-refractivity contribution in [1.82, 2.24) is 14.8 Å². The van der Waals surface area contributed by atoms with Crippen LogP contribution in [0.1, 0.15) is 35.2 Å². The number of carbonyl (C=O) groups is 1. The van der Waals surface area contributed by atoms with Gasteiger partial charge >= 0.3 is 0 Å². The summed E-state index contributed by atoms with van der Waals surface area (Å²) in [4.78, 5) is 18.6. The number of carbonyl (C=O) groups excluding carboxylic acids is 1. The van der Waals surface area contributed by atoms with Crippen LogP contribution in [0.5, 0.6) is 5.75 Å². The average molecular weight is 625 g/mol. The number of hydrogen-bond acceptors (Lipinski definition) is 6. The summed E-state index contributed by atoms with van der Waals surface area (Å²) in [6, 6.07) is 18.8. The number of nitrogens with zero attached hydrogens (tertiary/aromatic N) is 3. The Bertz CT molecular complexity index is 1590. The zero-order valence-corrected chi connectivity index (χ0v) is 25.0. The Morgan fingerprint density at radius 2 is 1.90 bits per heavy atom. The van der Waals surface area contributed by atoms with E-state index in [4.69, 9.17) is 26.4 Å². The zero-order valence-electron chi connectivity index (χ0n) is 21.9. The van der Waals surface area contributed by atoms with Crippen molar-refractivity contribution in [3.05, 3.63) is 104 Å². The first kappa shape index (κ1) is 27.3. The lowest BCUT2D eigenvalue weighted by molar-refractivity contribution is -0.113. The summed E-state index contributed by atoms with van der Waals surface area (Å²) in [5.41, 5.74) is 6.00. The summed E-state index contributed by atoms with van der Waals surface area (Å²) in [5, 5.41) is 12.5. The van der Waals surface area contributed by atoms with Crippen LogP contribution in [-0.2, 0) is 10.5 Å². The summed E-state index contributed by atoms with van der Waals surface area (Å²) < 4.78 is 8.36. The molecular formula is C29H27BrClN5O2S. The lowest BCUT2D eigenvalue weighted by Crippen LogP contribution is -2.32. The highest BCUT2D eigenvalue weighted by Gasteiger charge is 2.36. The first-order valence-electron chi connectivity index (χ1n) is 12.3. The maximum atomic E-state index is 13.9. The molecular weight excluding hydrogens is 598 g/mol. The van der Waals surface area contributed by atoms with E-state index in [1.54, 1.807) is 11.8 Å². The molecule has 0 bridgehead atoms. The number of fused-ring (bicyclic) bond motifs is 1. The molecule has 1 atom stereocenters. The fourth-order valence-corrected chi connectivity index (χ4v) is 5.85. The van der Waals surface area contributed by atoms with Gasteiger partial charge in [0, 0.05) is 32.2 Å². The lowest BCUT2D eigenvalue weighted by atomic mass is 9.94. The Morgan fingerprint density at radius 1 is 1.13 bits per heavy atom. The van der Waals surface area contributed by atoms with Crippen LogP contribution < -0.4 is 15.4 Å². The summed E-state index contributed by atoms with van der Waals surface area (Å²) >= 11 is 11.1. The van der Waals surface area contributed by atoms with Crippen molar-refractivity contribution in [3.63, 3.8) is 0 Å². The van der Waals surface area contributed by atoms with Crippen LogP contribution in [0.25, 0.3) is 0 Å². The second-order valence-corrected chi connectivity index (χ2v) is 11.6. The van der Waals surface area contributed by atoms with Crippen LogP contribution in [0.4, 0.5) is 11.6 Å². The molecule has 39 heavy (non-hydrogen) atoms. The van der Waals surface area contributed by atoms with E-state index < -0.39 is 6.04 Å². The van der Waals surface area contributed by atoms with Crippen molar-refractivity contribution < 1.29 is 9.53 Å². The minimum absolute atomic E-state index is 0.226. The standard InChI is InChI=1S/C29H27BrClN5O2S/c1-16-5-11-23(17(2)13-16)33-27(37)25-18(3)32-28-34-29(39-15-19-6-9-21(31)10-7-19)35-36(28)26(25)22-14-20(30)8-12-24(22)38-4/h5-14,26H,15H2,1-4H3,(H,33,37)(H,32,34,35). The third-order valence-electron chi connectivity index (χ3n) is 6.48. The topological polar surface area (TPSA) is 81.1 Å². The Morgan fingerprint density at radius 3 is 2.62 bits per heavy atom. The van der Waals surface area contributed by atoms with Gasteiger partial charge in [-0.3, -0.25) is 4.79 Å². The molecule has 200 valence electrons. The number of aromatic nitrogens is 3. The van der Waals surface area contributed by atoms with Gasteiger partial charge in [-0.05, 0) is 68.3 Å². The summed E-state index contributed by atoms with van der Waals surface area (Å²) in [6.07, 6.45) is 0. The molecule has 5 rings (SSSR count). The van der Waals surface area contributed by atoms with E-state index in [2.05, 4.69) is 26.6 Å². The van der Waals surface area contributed by atoms with E-state index in [0.717, 1.165) is 32.4 Å². The molecule has 0 saturated carbocycles. The van der Waals surface area contributed by atoms with Gasteiger partial charge in [-0.15, -0.1) is 5.10 Å². The largest absolute Gasteiger partial charge is 0.496 e. The van der Waals surface area contributed by atoms with E-state index in [9.17, 15) is 4.79 Å². The first-order chi connectivity index (χ1) is 18.7. The van der Waals surface area contributed by atoms with Gasteiger partial charge < -0.3 is 15.4 Å². The number of thioether (sulfide) groups is 1. The first-order valence-corrected chi connectivity index (χ1v) is 14.4. The number of methoxy groups -OCH3 is 1. The summed E-state index contributed by atoms with van der Waals surface area (Å²) in [7, 11) is 1.62. The van der Waals surface area contributed by atoms with Gasteiger partial charge in [-0.25, -0.2) is 4.68 Å². The van der Waals surface area contributed by atoms with Crippen molar-refractivity contribution in [1.29, 1.82) is 0 Å². The van der Waals surface area contributed by atoms with Crippen molar-refractivity contribution in [2.24, 2.45) is 0 Å². The number of anilines is 2. The van der Waals surface area contributed by atoms with Gasteiger partial charge in [0.1, 0.15) is 11.8 Å². The molecule has 1 aliphatic heterocycles. The number of ether oxygens (including phenoxy) is 1. The number of amides is 1. The predicted octanol–water partition coefficient (Wildman–Crippen LogP) is 7.54. The SMILES string of the molecule is COc1ccc(Br)cc1C1C(C(=O)Nc2ccc(C)cc2C)=C(C)Nc2nc(SCc3ccc(Cl)cc3)nn21. The average Bonchev–Trinajstić information content (AvgIpc) is 3.31. The second-order valence-electron chi connectivity index (χ2n) is 9.30. The predicted molar refractivity (Wildman–Crippen MR) is 161 cm³/mol. The molecule has 0 spiro atoms. The van der Waals surface area contributed by atoms with Crippen LogP contribution in [-0.4, -0.2) is 27.8 Å². The minimum atomic E-state index is -0.572. The van der Waals surface area contributed by atoms with Gasteiger partial charge in [0.05, 0.1) is 12.7 Å². The molecule has 0 fully saturated rings. The molecule has 1 amide bonds. The molecule has 10 heteroatoms. The molecule has 0 saturated heterocycles. The maximum absolute atomic E-state index is 13.9. The molecule has 0 radical (unpaired) electrons. The summed E-state index contributed by atoms with van der Waals surface area (Å²) in [6.45, 7) is 5.89. The quantitative estimate of drug-likeness (QED) is 0.207. The van der Waals surface area contributed by atoms with Crippen LogP contribution in [0.3, 0.4) is 0 Å². The van der Waals surface area contributed by atoms with Crippen LogP contribution in [0.15, 0.2) is 81.6 Å². The third-order valence-corrected chi connectivity index (χ3v) is 8.13. The molecule has 0 aliphatic carbocycles. The highest BCUT2D eigenvalue weighted by atomic mass is 79.9. The van der Waals surface area contributed by atoms with Gasteiger partial charge in [0.2, 0.25) is 11.1 Å². The highest BCUT2D eigenvalue weighted by Crippen LogP contribution is 2.41. The van der Waals surface area contributed by atoms with Gasteiger partial charge in [0.15, 0.2) is 0 Å². The Balaban J connectivity index is 1.54. The Labute approximate surface area is 245 Å². The number of allylic oxidation sites excluding steroid dienone is 1. The van der Waals surface area contributed by atoms with Gasteiger partial charge in [-0.2, -0.15) is 4.98 Å². The minimum Gasteiger partial charge on any atom is -0.496 e. The number of rotatable bonds is 7. The third kappa shape index (κ3) is 5.85. The van der Waals surface area contributed by atoms with Gasteiger partial charge in [0.25, 0.3) is 5.91 Å². The number of hydrogen-bond donors (Lipinski definition) is 2. The van der Waals surface area contributed by atoms with Crippen molar-refractivity contribution >= 4 is 56.8 Å². The normalized spacial score (nSPS) is 14.6. The zero-order chi connectivity index (χ0) is 27.7. The monoisotopic (exact) mass is 623 g/mol. The van der Waals surface area contributed by atoms with E-state index in [1.807, 2.05) is 81.4 Å². The van der Waals surface area contributed by atoms with Gasteiger partial charge in [-0.1, -0.05) is 69.1 Å². The highest BCUT2D eigenvalue weighted by molar-refractivity contribution is 9.10. The number of benzene rings is 3. The van der Waals surface area contributed by atoms with Crippen molar-refractivity contribution in [3.8, 4) is 5.75 Å². The molecule has 4 aromatic rings. The lowest BCUT2D eigenvalue weighted by Gasteiger charge is -2.29. The Hall–Kier alpha value is -3.27. The number of halogens is 2. The number of aryl methyl sites for hydroxylation is 2. The van der Waals surface area contributed by atoms with Crippen molar-refractivity contribution in [2.45, 2.75) is 37.7 Å². The fraction of sp³-hybridized carbons (Fsp3) is 0.207. The van der Waals surface area contributed by atoms with Crippen molar-refractivity contribution in [2.75, 3.05) is 17.7 Å².